The number of hydrogen-bond acceptors (Lipinski definition) is 6. The molecule has 2 aromatic heterocycles. The zero-order chi connectivity index (χ0) is 19.9. The van der Waals surface area contributed by atoms with E-state index in [1.54, 1.807) is 43.8 Å². The number of carbonyl (C=O) groups excluding carboxylic acids is 1. The molecular weight excluding hydrogens is 380 g/mol. The molecule has 3 rings (SSSR count). The molecule has 2 heterocycles. The number of thiophene rings is 1. The number of aliphatic hydroxyl groups excluding tert-OH is 1. The summed E-state index contributed by atoms with van der Waals surface area (Å²) in [6.07, 6.45) is -0.930. The zero-order valence-electron chi connectivity index (χ0n) is 15.6. The Morgan fingerprint density at radius 2 is 1.96 bits per heavy atom. The van der Waals surface area contributed by atoms with Crippen LogP contribution < -0.4 is 20.1 Å². The highest BCUT2D eigenvalue weighted by atomic mass is 32.1. The van der Waals surface area contributed by atoms with Gasteiger partial charge in [0.25, 0.3) is 0 Å². The molecule has 3 N–H and O–H groups in total. The van der Waals surface area contributed by atoms with Gasteiger partial charge >= 0.3 is 6.03 Å². The number of nitrogens with one attached hydrogen (secondary N) is 2. The van der Waals surface area contributed by atoms with E-state index in [9.17, 15) is 9.90 Å². The maximum Gasteiger partial charge on any atom is 0.315 e. The van der Waals surface area contributed by atoms with Crippen molar-refractivity contribution in [1.82, 2.24) is 10.6 Å². The van der Waals surface area contributed by atoms with Crippen molar-refractivity contribution in [1.29, 1.82) is 0 Å². The van der Waals surface area contributed by atoms with Crippen LogP contribution in [0, 0.1) is 0 Å². The predicted octanol–water partition coefficient (Wildman–Crippen LogP) is 3.56. The standard InChI is InChI=1S/C20H22N2O5S/c1-25-16-6-5-13(10-18(16)26-2)11-21-20(24)22-12-14(23)15-7-8-17(27-15)19-4-3-9-28-19/h3-10,14,23H,11-12H2,1-2H3,(H2,21,22,24). The van der Waals surface area contributed by atoms with Crippen molar-refractivity contribution in [3.8, 4) is 22.1 Å². The maximum absolute atomic E-state index is 12.0. The van der Waals surface area contributed by atoms with Gasteiger partial charge in [0.05, 0.1) is 25.6 Å². The fourth-order valence-electron chi connectivity index (χ4n) is 2.61. The molecule has 0 fully saturated rings. The number of amides is 2. The molecule has 0 saturated carbocycles. The molecule has 8 heteroatoms. The second-order valence-electron chi connectivity index (χ2n) is 5.95. The molecule has 28 heavy (non-hydrogen) atoms. The summed E-state index contributed by atoms with van der Waals surface area (Å²) >= 11 is 1.56. The molecular formula is C20H22N2O5S. The van der Waals surface area contributed by atoms with Gasteiger partial charge < -0.3 is 29.6 Å². The summed E-state index contributed by atoms with van der Waals surface area (Å²) in [6.45, 7) is 0.348. The lowest BCUT2D eigenvalue weighted by molar-refractivity contribution is 0.149. The monoisotopic (exact) mass is 402 g/mol. The van der Waals surface area contributed by atoms with E-state index in [0.29, 0.717) is 29.6 Å². The van der Waals surface area contributed by atoms with Crippen LogP contribution in [0.3, 0.4) is 0 Å². The van der Waals surface area contributed by atoms with Gasteiger partial charge in [0.1, 0.15) is 17.6 Å². The summed E-state index contributed by atoms with van der Waals surface area (Å²) in [4.78, 5) is 13.0. The second kappa shape index (κ2) is 9.29. The molecule has 0 aliphatic rings. The number of carbonyl (C=O) groups is 1. The topological polar surface area (TPSA) is 93.0 Å². The molecule has 3 aromatic rings. The number of aliphatic hydroxyl groups is 1. The average Bonchev–Trinajstić information content (AvgIpc) is 3.41. The molecule has 0 bridgehead atoms. The maximum atomic E-state index is 12.0. The van der Waals surface area contributed by atoms with Crippen LogP contribution in [0.25, 0.3) is 10.6 Å². The number of urea groups is 1. The van der Waals surface area contributed by atoms with E-state index in [1.165, 1.54) is 0 Å². The van der Waals surface area contributed by atoms with Crippen LogP contribution in [0.5, 0.6) is 11.5 Å². The van der Waals surface area contributed by atoms with E-state index in [1.807, 2.05) is 29.6 Å². The predicted molar refractivity (Wildman–Crippen MR) is 107 cm³/mol. The third-order valence-corrected chi connectivity index (χ3v) is 4.96. The number of benzene rings is 1. The molecule has 1 aromatic carbocycles. The Balaban J connectivity index is 1.48. The highest BCUT2D eigenvalue weighted by Gasteiger charge is 2.15. The Hall–Kier alpha value is -2.97. The van der Waals surface area contributed by atoms with Crippen molar-refractivity contribution >= 4 is 17.4 Å². The molecule has 1 unspecified atom stereocenters. The highest BCUT2D eigenvalue weighted by Crippen LogP contribution is 2.29. The number of rotatable bonds is 8. The number of hydrogen-bond donors (Lipinski definition) is 3. The van der Waals surface area contributed by atoms with E-state index >= 15 is 0 Å². The first-order valence-electron chi connectivity index (χ1n) is 8.65. The van der Waals surface area contributed by atoms with Gasteiger partial charge in [0.2, 0.25) is 0 Å². The first kappa shape index (κ1) is 19.8. The fraction of sp³-hybridized carbons (Fsp3) is 0.250. The smallest absolute Gasteiger partial charge is 0.315 e. The van der Waals surface area contributed by atoms with Crippen molar-refractivity contribution in [3.63, 3.8) is 0 Å². The minimum absolute atomic E-state index is 0.0369. The molecule has 0 aliphatic heterocycles. The number of furan rings is 1. The molecule has 7 nitrogen and oxygen atoms in total. The normalized spacial score (nSPS) is 11.7. The van der Waals surface area contributed by atoms with Gasteiger partial charge in [-0.3, -0.25) is 0 Å². The van der Waals surface area contributed by atoms with Crippen molar-refractivity contribution < 1.29 is 23.8 Å². The van der Waals surface area contributed by atoms with E-state index in [2.05, 4.69) is 10.6 Å². The molecule has 2 amide bonds. The average molecular weight is 402 g/mol. The molecule has 0 radical (unpaired) electrons. The van der Waals surface area contributed by atoms with Crippen molar-refractivity contribution in [2.75, 3.05) is 20.8 Å². The Morgan fingerprint density at radius 1 is 1.14 bits per heavy atom. The van der Waals surface area contributed by atoms with Crippen LogP contribution in [-0.2, 0) is 6.54 Å². The van der Waals surface area contributed by atoms with Gasteiger partial charge in [0.15, 0.2) is 11.5 Å². The lowest BCUT2D eigenvalue weighted by Gasteiger charge is -2.12. The first-order valence-corrected chi connectivity index (χ1v) is 9.53. The molecule has 0 spiro atoms. The summed E-state index contributed by atoms with van der Waals surface area (Å²) in [5.74, 6) is 2.32. The molecule has 0 aliphatic carbocycles. The molecule has 148 valence electrons. The van der Waals surface area contributed by atoms with Crippen LogP contribution in [0.1, 0.15) is 17.4 Å². The third-order valence-electron chi connectivity index (χ3n) is 4.08. The largest absolute Gasteiger partial charge is 0.493 e. The number of ether oxygens (including phenoxy) is 2. The summed E-state index contributed by atoms with van der Waals surface area (Å²) < 4.78 is 16.1. The minimum Gasteiger partial charge on any atom is -0.493 e. The fourth-order valence-corrected chi connectivity index (χ4v) is 3.30. The van der Waals surface area contributed by atoms with Gasteiger partial charge in [-0.25, -0.2) is 4.79 Å². The number of methoxy groups -OCH3 is 2. The van der Waals surface area contributed by atoms with Crippen molar-refractivity contribution in [2.24, 2.45) is 0 Å². The van der Waals surface area contributed by atoms with Crippen LogP contribution in [-0.4, -0.2) is 31.9 Å². The van der Waals surface area contributed by atoms with Crippen LogP contribution in [0.4, 0.5) is 4.79 Å². The summed E-state index contributed by atoms with van der Waals surface area (Å²) in [5, 5.41) is 17.6. The van der Waals surface area contributed by atoms with E-state index < -0.39 is 6.10 Å². The van der Waals surface area contributed by atoms with Gasteiger partial charge in [-0.2, -0.15) is 0 Å². The Kier molecular flexibility index (Phi) is 6.57. The summed E-state index contributed by atoms with van der Waals surface area (Å²) in [5.41, 5.74) is 0.861. The Morgan fingerprint density at radius 3 is 2.68 bits per heavy atom. The van der Waals surface area contributed by atoms with Crippen molar-refractivity contribution in [3.05, 3.63) is 59.2 Å². The van der Waals surface area contributed by atoms with Gasteiger partial charge in [-0.05, 0) is 41.3 Å². The van der Waals surface area contributed by atoms with Crippen LogP contribution in [0.15, 0.2) is 52.3 Å². The lowest BCUT2D eigenvalue weighted by atomic mass is 10.2. The summed E-state index contributed by atoms with van der Waals surface area (Å²) in [7, 11) is 3.12. The Labute approximate surface area is 166 Å². The SMILES string of the molecule is COc1ccc(CNC(=O)NCC(O)c2ccc(-c3cccs3)o2)cc1OC. The second-order valence-corrected chi connectivity index (χ2v) is 6.90. The molecule has 0 saturated heterocycles. The first-order chi connectivity index (χ1) is 13.6. The quantitative estimate of drug-likeness (QED) is 0.536. The Bertz CT molecular complexity index is 907. The van der Waals surface area contributed by atoms with Gasteiger partial charge in [-0.1, -0.05) is 12.1 Å². The van der Waals surface area contributed by atoms with Crippen LogP contribution in [0.2, 0.25) is 0 Å². The zero-order valence-corrected chi connectivity index (χ0v) is 16.4. The van der Waals surface area contributed by atoms with E-state index in [4.69, 9.17) is 13.9 Å². The van der Waals surface area contributed by atoms with E-state index in [0.717, 1.165) is 10.4 Å². The minimum atomic E-state index is -0.930. The van der Waals surface area contributed by atoms with Crippen LogP contribution >= 0.6 is 11.3 Å². The lowest BCUT2D eigenvalue weighted by Crippen LogP contribution is -2.37. The third kappa shape index (κ3) is 4.85. The van der Waals surface area contributed by atoms with Gasteiger partial charge in [-0.15, -0.1) is 11.3 Å². The van der Waals surface area contributed by atoms with Gasteiger partial charge in [0, 0.05) is 6.54 Å². The highest BCUT2D eigenvalue weighted by molar-refractivity contribution is 7.13. The van der Waals surface area contributed by atoms with Crippen molar-refractivity contribution in [2.45, 2.75) is 12.6 Å². The molecule has 1 atom stereocenters. The summed E-state index contributed by atoms with van der Waals surface area (Å²) in [6, 6.07) is 12.4. The van der Waals surface area contributed by atoms with E-state index in [-0.39, 0.29) is 12.6 Å².